The van der Waals surface area contributed by atoms with Gasteiger partial charge in [0, 0.05) is 0 Å². The second-order valence-electron chi connectivity index (χ2n) is 6.02. The predicted octanol–water partition coefficient (Wildman–Crippen LogP) is 2.32. The van der Waals surface area contributed by atoms with Gasteiger partial charge in [-0.25, -0.2) is 4.79 Å². The van der Waals surface area contributed by atoms with Crippen molar-refractivity contribution in [3.8, 4) is 11.8 Å². The van der Waals surface area contributed by atoms with Crippen LogP contribution >= 0.6 is 0 Å². The molecule has 0 heterocycles. The maximum atomic E-state index is 12.5. The Labute approximate surface area is 141 Å². The Bertz CT molecular complexity index is 627. The number of methoxy groups -OCH3 is 1. The molecule has 6 nitrogen and oxygen atoms in total. The van der Waals surface area contributed by atoms with E-state index in [-0.39, 0.29) is 5.91 Å². The van der Waals surface area contributed by atoms with Crippen LogP contribution in [0.15, 0.2) is 24.3 Å². The molecule has 1 amide bonds. The Morgan fingerprint density at radius 1 is 1.21 bits per heavy atom. The van der Waals surface area contributed by atoms with E-state index >= 15 is 0 Å². The highest BCUT2D eigenvalue weighted by atomic mass is 16.5. The summed E-state index contributed by atoms with van der Waals surface area (Å²) in [6, 6.07) is 8.54. The maximum absolute atomic E-state index is 12.5. The van der Waals surface area contributed by atoms with E-state index in [1.54, 1.807) is 31.2 Å². The number of nitriles is 1. The van der Waals surface area contributed by atoms with Gasteiger partial charge in [-0.05, 0) is 44.0 Å². The lowest BCUT2D eigenvalue weighted by molar-refractivity contribution is -0.153. The fourth-order valence-electron chi connectivity index (χ4n) is 2.93. The molecular weight excluding hydrogens is 308 g/mol. The predicted molar refractivity (Wildman–Crippen MR) is 87.2 cm³/mol. The molecule has 0 spiro atoms. The molecule has 0 saturated heterocycles. The molecule has 128 valence electrons. The van der Waals surface area contributed by atoms with Crippen LogP contribution in [0.2, 0.25) is 0 Å². The zero-order chi connectivity index (χ0) is 17.6. The second-order valence-corrected chi connectivity index (χ2v) is 6.02. The molecule has 1 aliphatic carbocycles. The maximum Gasteiger partial charge on any atom is 0.331 e. The van der Waals surface area contributed by atoms with Gasteiger partial charge >= 0.3 is 5.97 Å². The Balaban J connectivity index is 2.03. The van der Waals surface area contributed by atoms with Gasteiger partial charge in [-0.3, -0.25) is 4.79 Å². The van der Waals surface area contributed by atoms with E-state index in [1.807, 2.05) is 6.07 Å². The highest BCUT2D eigenvalue weighted by Crippen LogP contribution is 2.29. The van der Waals surface area contributed by atoms with Gasteiger partial charge in [-0.15, -0.1) is 0 Å². The number of hydrogen-bond acceptors (Lipinski definition) is 5. The minimum Gasteiger partial charge on any atom is -0.481 e. The van der Waals surface area contributed by atoms with E-state index < -0.39 is 17.6 Å². The van der Waals surface area contributed by atoms with E-state index in [4.69, 9.17) is 14.7 Å². The van der Waals surface area contributed by atoms with Crippen LogP contribution in [0, 0.1) is 11.3 Å². The van der Waals surface area contributed by atoms with Crippen LogP contribution < -0.4 is 10.1 Å². The molecule has 1 fully saturated rings. The van der Waals surface area contributed by atoms with Gasteiger partial charge in [0.1, 0.15) is 11.3 Å². The van der Waals surface area contributed by atoms with Crippen molar-refractivity contribution in [2.75, 3.05) is 7.11 Å². The number of esters is 1. The molecule has 1 aromatic carbocycles. The molecule has 24 heavy (non-hydrogen) atoms. The van der Waals surface area contributed by atoms with Gasteiger partial charge in [0.05, 0.1) is 18.7 Å². The minimum atomic E-state index is -0.952. The molecule has 0 aromatic heterocycles. The van der Waals surface area contributed by atoms with Crippen molar-refractivity contribution in [2.45, 2.75) is 50.7 Å². The van der Waals surface area contributed by atoms with Crippen LogP contribution in [0.3, 0.4) is 0 Å². The summed E-state index contributed by atoms with van der Waals surface area (Å²) in [6.45, 7) is 1.63. The van der Waals surface area contributed by atoms with Crippen LogP contribution in [-0.4, -0.2) is 30.6 Å². The van der Waals surface area contributed by atoms with Gasteiger partial charge in [0.2, 0.25) is 0 Å². The quantitative estimate of drug-likeness (QED) is 0.837. The van der Waals surface area contributed by atoms with Gasteiger partial charge in [-0.1, -0.05) is 19.3 Å². The van der Waals surface area contributed by atoms with Crippen LogP contribution in [0.25, 0.3) is 0 Å². The van der Waals surface area contributed by atoms with Gasteiger partial charge in [-0.2, -0.15) is 5.26 Å². The van der Waals surface area contributed by atoms with Crippen LogP contribution in [0.4, 0.5) is 0 Å². The van der Waals surface area contributed by atoms with Gasteiger partial charge in [0.15, 0.2) is 6.10 Å². The van der Waals surface area contributed by atoms with Crippen molar-refractivity contribution < 1.29 is 19.1 Å². The third-order valence-corrected chi connectivity index (χ3v) is 4.31. The number of carbonyl (C=O) groups is 2. The number of rotatable bonds is 5. The number of carbonyl (C=O) groups excluding carboxylic acids is 2. The van der Waals surface area contributed by atoms with E-state index in [2.05, 4.69) is 5.32 Å². The first-order chi connectivity index (χ1) is 11.5. The highest BCUT2D eigenvalue weighted by molar-refractivity contribution is 5.90. The Hall–Kier alpha value is -2.55. The zero-order valence-electron chi connectivity index (χ0n) is 14.0. The summed E-state index contributed by atoms with van der Waals surface area (Å²) in [5, 5.41) is 11.6. The second kappa shape index (κ2) is 7.82. The molecule has 2 rings (SSSR count). The fraction of sp³-hybridized carbons (Fsp3) is 0.500. The number of benzene rings is 1. The van der Waals surface area contributed by atoms with Crippen molar-refractivity contribution in [3.63, 3.8) is 0 Å². The molecular formula is C18H22N2O4. The van der Waals surface area contributed by atoms with Gasteiger partial charge in [0.25, 0.3) is 5.91 Å². The molecule has 1 aromatic rings. The average molecular weight is 330 g/mol. The van der Waals surface area contributed by atoms with Crippen molar-refractivity contribution in [3.05, 3.63) is 29.8 Å². The fourth-order valence-corrected chi connectivity index (χ4v) is 2.93. The number of nitrogens with zero attached hydrogens (tertiary/aromatic N) is 1. The number of amides is 1. The highest BCUT2D eigenvalue weighted by Gasteiger charge is 2.42. The average Bonchev–Trinajstić information content (AvgIpc) is 2.62. The zero-order valence-corrected chi connectivity index (χ0v) is 14.0. The lowest BCUT2D eigenvalue weighted by atomic mass is 9.81. The summed E-state index contributed by atoms with van der Waals surface area (Å²) in [7, 11) is 1.33. The first kappa shape index (κ1) is 17.8. The molecule has 0 radical (unpaired) electrons. The first-order valence-electron chi connectivity index (χ1n) is 8.08. The summed E-state index contributed by atoms with van der Waals surface area (Å²) in [5.41, 5.74) is -0.432. The Kier molecular flexibility index (Phi) is 5.80. The van der Waals surface area contributed by atoms with Crippen molar-refractivity contribution >= 4 is 11.9 Å². The Morgan fingerprint density at radius 3 is 2.38 bits per heavy atom. The normalized spacial score (nSPS) is 17.2. The molecule has 0 aliphatic heterocycles. The number of hydrogen-bond donors (Lipinski definition) is 1. The molecule has 0 bridgehead atoms. The van der Waals surface area contributed by atoms with Crippen LogP contribution in [0.1, 0.15) is 44.6 Å². The summed E-state index contributed by atoms with van der Waals surface area (Å²) < 4.78 is 10.5. The molecule has 1 atom stereocenters. The minimum absolute atomic E-state index is 0.355. The Morgan fingerprint density at radius 2 is 1.83 bits per heavy atom. The molecule has 1 aliphatic rings. The summed E-state index contributed by atoms with van der Waals surface area (Å²) in [4.78, 5) is 24.6. The lowest BCUT2D eigenvalue weighted by Gasteiger charge is -2.35. The lowest BCUT2D eigenvalue weighted by Crippen LogP contribution is -2.58. The SMILES string of the molecule is COC(=O)C1(NC(=O)[C@@H](C)Oc2ccc(C#N)cc2)CCCCC1. The van der Waals surface area contributed by atoms with Crippen molar-refractivity contribution in [1.82, 2.24) is 5.32 Å². The van der Waals surface area contributed by atoms with E-state index in [9.17, 15) is 9.59 Å². The first-order valence-corrected chi connectivity index (χ1v) is 8.08. The van der Waals surface area contributed by atoms with Gasteiger partial charge < -0.3 is 14.8 Å². The van der Waals surface area contributed by atoms with Crippen LogP contribution in [-0.2, 0) is 14.3 Å². The standard InChI is InChI=1S/C18H22N2O4/c1-13(24-15-8-6-14(12-19)7-9-15)16(21)20-18(17(22)23-2)10-4-3-5-11-18/h6-9,13H,3-5,10-11H2,1-2H3,(H,20,21)/t13-/m1/s1. The van der Waals surface area contributed by atoms with E-state index in [0.29, 0.717) is 24.2 Å². The van der Waals surface area contributed by atoms with Crippen molar-refractivity contribution in [2.24, 2.45) is 0 Å². The molecule has 1 N–H and O–H groups in total. The third kappa shape index (κ3) is 4.05. The topological polar surface area (TPSA) is 88.4 Å². The third-order valence-electron chi connectivity index (χ3n) is 4.31. The molecule has 1 saturated carbocycles. The van der Waals surface area contributed by atoms with E-state index in [1.165, 1.54) is 7.11 Å². The number of ether oxygens (including phenoxy) is 2. The largest absolute Gasteiger partial charge is 0.481 e. The summed E-state index contributed by atoms with van der Waals surface area (Å²) in [5.74, 6) is -0.264. The molecule has 6 heteroatoms. The number of nitrogens with one attached hydrogen (secondary N) is 1. The smallest absolute Gasteiger partial charge is 0.331 e. The van der Waals surface area contributed by atoms with E-state index in [0.717, 1.165) is 19.3 Å². The van der Waals surface area contributed by atoms with Crippen molar-refractivity contribution in [1.29, 1.82) is 5.26 Å². The van der Waals surface area contributed by atoms with Crippen LogP contribution in [0.5, 0.6) is 5.75 Å². The molecule has 0 unspecified atom stereocenters. The monoisotopic (exact) mass is 330 g/mol. The summed E-state index contributed by atoms with van der Waals surface area (Å²) in [6.07, 6.45) is 3.19. The summed E-state index contributed by atoms with van der Waals surface area (Å²) >= 11 is 0.